The topological polar surface area (TPSA) is 95.7 Å². The highest BCUT2D eigenvalue weighted by molar-refractivity contribution is 6.05. The maximum absolute atomic E-state index is 12.8. The summed E-state index contributed by atoms with van der Waals surface area (Å²) in [4.78, 5) is 40.2. The molecule has 0 bridgehead atoms. The average Bonchev–Trinajstić information content (AvgIpc) is 3.13. The lowest BCUT2D eigenvalue weighted by Crippen LogP contribution is -2.52. The lowest BCUT2D eigenvalue weighted by atomic mass is 10.0. The van der Waals surface area contributed by atoms with E-state index in [4.69, 9.17) is 5.73 Å². The molecule has 3 heterocycles. The van der Waals surface area contributed by atoms with Gasteiger partial charge >= 0.3 is 0 Å². The first-order valence-electron chi connectivity index (χ1n) is 8.76. The van der Waals surface area contributed by atoms with Crippen LogP contribution < -0.4 is 11.1 Å². The molecule has 3 N–H and O–H groups in total. The minimum atomic E-state index is -0.564. The second-order valence-corrected chi connectivity index (χ2v) is 7.13. The zero-order valence-corrected chi connectivity index (χ0v) is 14.0. The predicted molar refractivity (Wildman–Crippen MR) is 90.4 cm³/mol. The number of benzene rings is 1. The molecule has 0 spiro atoms. The number of imide groups is 1. The number of nitrogens with zero attached hydrogens (tertiary/aromatic N) is 2. The Balaban J connectivity index is 1.55. The van der Waals surface area contributed by atoms with Crippen molar-refractivity contribution in [3.8, 4) is 0 Å². The number of carbonyl (C=O) groups is 3. The first-order valence-corrected chi connectivity index (χ1v) is 8.76. The zero-order chi connectivity index (χ0) is 17.6. The molecule has 25 heavy (non-hydrogen) atoms. The Labute approximate surface area is 146 Å². The van der Waals surface area contributed by atoms with Crippen LogP contribution >= 0.6 is 0 Å². The van der Waals surface area contributed by atoms with Gasteiger partial charge in [0.2, 0.25) is 11.8 Å². The normalized spacial score (nSPS) is 26.9. The molecule has 1 aromatic carbocycles. The van der Waals surface area contributed by atoms with Gasteiger partial charge in [-0.1, -0.05) is 12.1 Å². The number of piperidine rings is 1. The van der Waals surface area contributed by atoms with Gasteiger partial charge in [0.25, 0.3) is 5.91 Å². The van der Waals surface area contributed by atoms with Gasteiger partial charge in [0, 0.05) is 44.2 Å². The van der Waals surface area contributed by atoms with Gasteiger partial charge in [-0.25, -0.2) is 0 Å². The molecule has 3 amide bonds. The molecule has 3 aliphatic rings. The van der Waals surface area contributed by atoms with Crippen molar-refractivity contribution < 1.29 is 14.4 Å². The highest BCUT2D eigenvalue weighted by Crippen LogP contribution is 2.30. The molecule has 1 aromatic rings. The number of rotatable bonds is 3. The maximum atomic E-state index is 12.8. The molecule has 2 fully saturated rings. The highest BCUT2D eigenvalue weighted by atomic mass is 16.2. The van der Waals surface area contributed by atoms with E-state index in [0.717, 1.165) is 37.2 Å². The van der Waals surface area contributed by atoms with E-state index in [1.54, 1.807) is 4.90 Å². The van der Waals surface area contributed by atoms with Gasteiger partial charge in [-0.05, 0) is 30.0 Å². The number of hydrogen-bond donors (Lipinski definition) is 2. The summed E-state index contributed by atoms with van der Waals surface area (Å²) in [5.74, 6) is -0.759. The predicted octanol–water partition coefficient (Wildman–Crippen LogP) is -0.0194. The van der Waals surface area contributed by atoms with Crippen LogP contribution in [0.3, 0.4) is 0 Å². The van der Waals surface area contributed by atoms with Gasteiger partial charge in [0.15, 0.2) is 0 Å². The summed E-state index contributed by atoms with van der Waals surface area (Å²) in [6, 6.07) is 5.42. The molecular weight excluding hydrogens is 320 g/mol. The molecule has 7 heteroatoms. The Morgan fingerprint density at radius 2 is 2.04 bits per heavy atom. The Morgan fingerprint density at radius 1 is 1.20 bits per heavy atom. The SMILES string of the molecule is NC1CCN(Cc2cccc3c2CN(C2CCC(=O)NC2=O)C3=O)C1. The van der Waals surface area contributed by atoms with Crippen molar-refractivity contribution >= 4 is 17.7 Å². The van der Waals surface area contributed by atoms with E-state index in [1.807, 2.05) is 18.2 Å². The molecule has 132 valence electrons. The number of carbonyl (C=O) groups excluding carboxylic acids is 3. The average molecular weight is 342 g/mol. The monoisotopic (exact) mass is 342 g/mol. The number of nitrogens with two attached hydrogens (primary N) is 1. The molecule has 2 saturated heterocycles. The fourth-order valence-electron chi connectivity index (χ4n) is 4.05. The van der Waals surface area contributed by atoms with Gasteiger partial charge < -0.3 is 10.6 Å². The molecule has 4 rings (SSSR count). The van der Waals surface area contributed by atoms with Crippen molar-refractivity contribution in [3.63, 3.8) is 0 Å². The van der Waals surface area contributed by atoms with Gasteiger partial charge in [0.05, 0.1) is 0 Å². The number of hydrogen-bond acceptors (Lipinski definition) is 5. The lowest BCUT2D eigenvalue weighted by molar-refractivity contribution is -0.136. The Bertz CT molecular complexity index is 748. The van der Waals surface area contributed by atoms with E-state index in [0.29, 0.717) is 18.5 Å². The van der Waals surface area contributed by atoms with Crippen LogP contribution in [-0.2, 0) is 22.7 Å². The number of nitrogens with one attached hydrogen (secondary N) is 1. The van der Waals surface area contributed by atoms with Crippen LogP contribution in [-0.4, -0.2) is 52.7 Å². The van der Waals surface area contributed by atoms with E-state index in [9.17, 15) is 14.4 Å². The third-order valence-corrected chi connectivity index (χ3v) is 5.38. The minimum absolute atomic E-state index is 0.121. The molecule has 7 nitrogen and oxygen atoms in total. The molecular formula is C18H22N4O3. The largest absolute Gasteiger partial charge is 0.326 e. The van der Waals surface area contributed by atoms with E-state index in [1.165, 1.54) is 0 Å². The van der Waals surface area contributed by atoms with E-state index in [2.05, 4.69) is 10.2 Å². The zero-order valence-electron chi connectivity index (χ0n) is 14.0. The summed E-state index contributed by atoms with van der Waals surface area (Å²) < 4.78 is 0. The first-order chi connectivity index (χ1) is 12.0. The Hall–Kier alpha value is -2.25. The van der Waals surface area contributed by atoms with Gasteiger partial charge in [-0.2, -0.15) is 0 Å². The fourth-order valence-corrected chi connectivity index (χ4v) is 4.05. The molecule has 0 aliphatic carbocycles. The summed E-state index contributed by atoms with van der Waals surface area (Å²) in [5, 5.41) is 2.34. The molecule has 0 radical (unpaired) electrons. The van der Waals surface area contributed by atoms with Crippen molar-refractivity contribution in [2.45, 2.75) is 44.4 Å². The summed E-state index contributed by atoms with van der Waals surface area (Å²) in [7, 11) is 0. The molecule has 3 aliphatic heterocycles. The van der Waals surface area contributed by atoms with Gasteiger partial charge in [0.1, 0.15) is 6.04 Å². The van der Waals surface area contributed by atoms with Crippen LogP contribution in [0.4, 0.5) is 0 Å². The second-order valence-electron chi connectivity index (χ2n) is 7.13. The van der Waals surface area contributed by atoms with Crippen molar-refractivity contribution in [2.24, 2.45) is 5.73 Å². The third kappa shape index (κ3) is 2.94. The van der Waals surface area contributed by atoms with Gasteiger partial charge in [-0.15, -0.1) is 0 Å². The number of amides is 3. The van der Waals surface area contributed by atoms with E-state index < -0.39 is 6.04 Å². The third-order valence-electron chi connectivity index (χ3n) is 5.38. The first kappa shape index (κ1) is 16.2. The van der Waals surface area contributed by atoms with Crippen LogP contribution in [0.2, 0.25) is 0 Å². The molecule has 2 unspecified atom stereocenters. The molecule has 0 aromatic heterocycles. The minimum Gasteiger partial charge on any atom is -0.326 e. The summed E-state index contributed by atoms with van der Waals surface area (Å²) >= 11 is 0. The van der Waals surface area contributed by atoms with Crippen molar-refractivity contribution in [3.05, 3.63) is 34.9 Å². The standard InChI is InChI=1S/C18H22N4O3/c19-12-6-7-21(9-12)8-11-2-1-3-13-14(11)10-22(18(13)25)15-4-5-16(23)20-17(15)24/h1-3,12,15H,4-10,19H2,(H,20,23,24). The van der Waals surface area contributed by atoms with Crippen LogP contribution in [0, 0.1) is 0 Å². The highest BCUT2D eigenvalue weighted by Gasteiger charge is 2.39. The van der Waals surface area contributed by atoms with Crippen molar-refractivity contribution in [1.82, 2.24) is 15.1 Å². The fraction of sp³-hybridized carbons (Fsp3) is 0.500. The lowest BCUT2D eigenvalue weighted by Gasteiger charge is -2.29. The van der Waals surface area contributed by atoms with Gasteiger partial charge in [-0.3, -0.25) is 24.6 Å². The van der Waals surface area contributed by atoms with E-state index in [-0.39, 0.29) is 30.2 Å². The Morgan fingerprint density at radius 3 is 2.76 bits per heavy atom. The van der Waals surface area contributed by atoms with Crippen molar-refractivity contribution in [1.29, 1.82) is 0 Å². The summed E-state index contributed by atoms with van der Waals surface area (Å²) in [6.07, 6.45) is 1.66. The molecule has 2 atom stereocenters. The quantitative estimate of drug-likeness (QED) is 0.753. The van der Waals surface area contributed by atoms with Crippen LogP contribution in [0.25, 0.3) is 0 Å². The van der Waals surface area contributed by atoms with E-state index >= 15 is 0 Å². The Kier molecular flexibility index (Phi) is 4.05. The maximum Gasteiger partial charge on any atom is 0.255 e. The summed E-state index contributed by atoms with van der Waals surface area (Å²) in [5.41, 5.74) is 8.77. The number of fused-ring (bicyclic) bond motifs is 1. The van der Waals surface area contributed by atoms with Crippen LogP contribution in [0.15, 0.2) is 18.2 Å². The van der Waals surface area contributed by atoms with Crippen molar-refractivity contribution in [2.75, 3.05) is 13.1 Å². The second kappa shape index (κ2) is 6.24. The van der Waals surface area contributed by atoms with Crippen LogP contribution in [0.5, 0.6) is 0 Å². The summed E-state index contributed by atoms with van der Waals surface area (Å²) in [6.45, 7) is 3.04. The number of likely N-dealkylation sites (tertiary alicyclic amines) is 1. The van der Waals surface area contributed by atoms with Crippen LogP contribution in [0.1, 0.15) is 40.7 Å². The molecule has 0 saturated carbocycles. The smallest absolute Gasteiger partial charge is 0.255 e.